The van der Waals surface area contributed by atoms with Crippen molar-refractivity contribution in [3.8, 4) is 23.3 Å². The molecule has 2 atom stereocenters. The first-order valence-corrected chi connectivity index (χ1v) is 12.7. The van der Waals surface area contributed by atoms with E-state index in [1.807, 2.05) is 57.2 Å². The Bertz CT molecular complexity index is 1170. The van der Waals surface area contributed by atoms with E-state index in [-0.39, 0.29) is 24.2 Å². The number of nitriles is 2. The zero-order valence-corrected chi connectivity index (χ0v) is 21.2. The van der Waals surface area contributed by atoms with Crippen LogP contribution < -0.4 is 0 Å². The van der Waals surface area contributed by atoms with Crippen molar-refractivity contribution < 1.29 is 14.3 Å². The van der Waals surface area contributed by atoms with Gasteiger partial charge in [0.2, 0.25) is 0 Å². The molecule has 36 heavy (non-hydrogen) atoms. The van der Waals surface area contributed by atoms with Gasteiger partial charge in [-0.1, -0.05) is 36.4 Å². The predicted octanol–water partition coefficient (Wildman–Crippen LogP) is 6.04. The highest BCUT2D eigenvalue weighted by molar-refractivity contribution is 5.89. The molecule has 0 unspecified atom stereocenters. The molecule has 2 heterocycles. The van der Waals surface area contributed by atoms with Crippen molar-refractivity contribution >= 4 is 11.9 Å². The highest BCUT2D eigenvalue weighted by atomic mass is 16.6. The molecule has 0 radical (unpaired) electrons. The normalized spacial score (nSPS) is 21.8. The molecule has 3 aliphatic rings. The van der Waals surface area contributed by atoms with Crippen LogP contribution in [0, 0.1) is 34.5 Å². The Balaban J connectivity index is 1.43. The number of ketones is 1. The zero-order valence-electron chi connectivity index (χ0n) is 21.2. The maximum atomic E-state index is 13.5. The number of rotatable bonds is 6. The van der Waals surface area contributed by atoms with E-state index in [1.54, 1.807) is 17.0 Å². The van der Waals surface area contributed by atoms with Gasteiger partial charge in [0.05, 0.1) is 29.7 Å². The third-order valence-electron chi connectivity index (χ3n) is 7.23. The van der Waals surface area contributed by atoms with Gasteiger partial charge in [-0.2, -0.15) is 10.5 Å². The fraction of sp³-hybridized carbons (Fsp3) is 0.467. The molecule has 1 aliphatic carbocycles. The molecule has 3 fully saturated rings. The summed E-state index contributed by atoms with van der Waals surface area (Å²) in [6.07, 6.45) is 3.87. The number of piperidine rings is 2. The van der Waals surface area contributed by atoms with E-state index >= 15 is 0 Å². The summed E-state index contributed by atoms with van der Waals surface area (Å²) in [7, 11) is 0. The maximum absolute atomic E-state index is 13.5. The minimum absolute atomic E-state index is 0.0315. The molecule has 0 aromatic heterocycles. The largest absolute Gasteiger partial charge is 0.444 e. The molecular formula is C30H33N3O3. The molecule has 2 aromatic rings. The predicted molar refractivity (Wildman–Crippen MR) is 137 cm³/mol. The number of nitrogens with zero attached hydrogens (tertiary/aromatic N) is 3. The van der Waals surface area contributed by atoms with Crippen LogP contribution in [0.2, 0.25) is 0 Å². The molecule has 1 saturated carbocycles. The van der Waals surface area contributed by atoms with E-state index in [2.05, 4.69) is 12.1 Å². The van der Waals surface area contributed by atoms with Crippen molar-refractivity contribution in [2.75, 3.05) is 0 Å². The van der Waals surface area contributed by atoms with Gasteiger partial charge in [-0.05, 0) is 87.6 Å². The Morgan fingerprint density at radius 2 is 1.56 bits per heavy atom. The summed E-state index contributed by atoms with van der Waals surface area (Å²) in [6, 6.07) is 19.4. The van der Waals surface area contributed by atoms with Gasteiger partial charge in [-0.25, -0.2) is 4.79 Å². The van der Waals surface area contributed by atoms with Crippen LogP contribution in [-0.2, 0) is 16.0 Å². The van der Waals surface area contributed by atoms with Crippen molar-refractivity contribution in [3.05, 3.63) is 59.7 Å². The van der Waals surface area contributed by atoms with Gasteiger partial charge >= 0.3 is 6.09 Å². The number of hydrogen-bond acceptors (Lipinski definition) is 5. The molecule has 6 heteroatoms. The summed E-state index contributed by atoms with van der Waals surface area (Å²) < 4.78 is 5.65. The Morgan fingerprint density at radius 3 is 2.08 bits per heavy atom. The van der Waals surface area contributed by atoms with Gasteiger partial charge in [0, 0.05) is 12.5 Å². The summed E-state index contributed by atoms with van der Waals surface area (Å²) in [4.78, 5) is 28.2. The van der Waals surface area contributed by atoms with Crippen LogP contribution >= 0.6 is 0 Å². The average molecular weight is 484 g/mol. The van der Waals surface area contributed by atoms with Gasteiger partial charge in [-0.15, -0.1) is 0 Å². The lowest BCUT2D eigenvalue weighted by Gasteiger charge is -2.50. The van der Waals surface area contributed by atoms with E-state index in [9.17, 15) is 14.9 Å². The molecule has 2 saturated heterocycles. The SMILES string of the molecule is CC(C)(C)OC(=O)N1C2CCC(CC2)[C@H]1C(=O)C[C@H](C#N)Cc1ccc(-c2ccc(C#N)cc2)cc1. The van der Waals surface area contributed by atoms with Crippen molar-refractivity contribution in [2.24, 2.45) is 11.8 Å². The molecule has 5 rings (SSSR count). The standard InChI is InChI=1S/C30H33N3O3/c1-30(2,3)36-29(35)33-26-14-12-25(13-15-26)28(33)27(34)17-22(19-32)16-20-4-8-23(9-5-20)24-10-6-21(18-31)7-11-24/h4-11,22,25-26,28H,12-17H2,1-3H3/t22-,25?,26?,28+/m1/s1. The summed E-state index contributed by atoms with van der Waals surface area (Å²) in [5.41, 5.74) is 3.02. The van der Waals surface area contributed by atoms with Crippen LogP contribution in [0.4, 0.5) is 4.79 Å². The number of benzene rings is 2. The quantitative estimate of drug-likeness (QED) is 0.499. The van der Waals surface area contributed by atoms with E-state index in [1.165, 1.54) is 0 Å². The van der Waals surface area contributed by atoms with Gasteiger partial charge in [0.1, 0.15) is 5.60 Å². The smallest absolute Gasteiger partial charge is 0.411 e. The number of fused-ring (bicyclic) bond motifs is 3. The third kappa shape index (κ3) is 5.77. The zero-order chi connectivity index (χ0) is 25.9. The van der Waals surface area contributed by atoms with E-state index in [4.69, 9.17) is 10.00 Å². The molecule has 2 bridgehead atoms. The second kappa shape index (κ2) is 10.5. The van der Waals surface area contributed by atoms with Crippen LogP contribution in [0.15, 0.2) is 48.5 Å². The third-order valence-corrected chi connectivity index (χ3v) is 7.23. The molecule has 0 N–H and O–H groups in total. The fourth-order valence-electron chi connectivity index (χ4n) is 5.53. The lowest BCUT2D eigenvalue weighted by atomic mass is 9.72. The minimum atomic E-state index is -0.625. The number of Topliss-reactive ketones (excluding diaryl/α,β-unsaturated/α-hetero) is 1. The average Bonchev–Trinajstić information content (AvgIpc) is 2.87. The second-order valence-corrected chi connectivity index (χ2v) is 11.0. The van der Waals surface area contributed by atoms with Crippen LogP contribution in [0.5, 0.6) is 0 Å². The molecule has 2 aliphatic heterocycles. The summed E-state index contributed by atoms with van der Waals surface area (Å²) >= 11 is 0. The minimum Gasteiger partial charge on any atom is -0.444 e. The van der Waals surface area contributed by atoms with Crippen molar-refractivity contribution in [3.63, 3.8) is 0 Å². The molecule has 186 valence electrons. The Hall–Kier alpha value is -3.64. The second-order valence-electron chi connectivity index (χ2n) is 11.0. The summed E-state index contributed by atoms with van der Waals surface area (Å²) in [5.74, 6) is -0.351. The number of hydrogen-bond donors (Lipinski definition) is 0. The van der Waals surface area contributed by atoms with Gasteiger partial charge in [-0.3, -0.25) is 9.69 Å². The molecule has 0 spiro atoms. The number of carbonyl (C=O) groups is 2. The number of carbonyl (C=O) groups excluding carboxylic acids is 2. The molecule has 2 aromatic carbocycles. The lowest BCUT2D eigenvalue weighted by Crippen LogP contribution is -2.61. The number of amides is 1. The van der Waals surface area contributed by atoms with Crippen LogP contribution in [0.1, 0.15) is 64.0 Å². The van der Waals surface area contributed by atoms with Crippen LogP contribution in [0.25, 0.3) is 11.1 Å². The summed E-state index contributed by atoms with van der Waals surface area (Å²) in [6.45, 7) is 5.51. The van der Waals surface area contributed by atoms with Crippen molar-refractivity contribution in [1.29, 1.82) is 10.5 Å². The van der Waals surface area contributed by atoms with Crippen molar-refractivity contribution in [2.45, 2.75) is 77.0 Å². The maximum Gasteiger partial charge on any atom is 0.411 e. The van der Waals surface area contributed by atoms with E-state index in [0.717, 1.165) is 42.4 Å². The Labute approximate surface area is 213 Å². The van der Waals surface area contributed by atoms with Gasteiger partial charge in [0.15, 0.2) is 5.78 Å². The fourth-order valence-corrected chi connectivity index (χ4v) is 5.53. The first-order valence-electron chi connectivity index (χ1n) is 12.7. The topological polar surface area (TPSA) is 94.2 Å². The summed E-state index contributed by atoms with van der Waals surface area (Å²) in [5, 5.41) is 18.8. The van der Waals surface area contributed by atoms with Crippen molar-refractivity contribution in [1.82, 2.24) is 4.90 Å². The number of ether oxygens (including phenoxy) is 1. The molecule has 1 amide bonds. The van der Waals surface area contributed by atoms with E-state index in [0.29, 0.717) is 12.0 Å². The first-order chi connectivity index (χ1) is 17.2. The highest BCUT2D eigenvalue weighted by Gasteiger charge is 2.48. The van der Waals surface area contributed by atoms with Gasteiger partial charge < -0.3 is 4.74 Å². The lowest BCUT2D eigenvalue weighted by molar-refractivity contribution is -0.133. The highest BCUT2D eigenvalue weighted by Crippen LogP contribution is 2.41. The van der Waals surface area contributed by atoms with Gasteiger partial charge in [0.25, 0.3) is 0 Å². The Kier molecular flexibility index (Phi) is 7.45. The Morgan fingerprint density at radius 1 is 0.972 bits per heavy atom. The first kappa shape index (κ1) is 25.5. The molecular weight excluding hydrogens is 450 g/mol. The van der Waals surface area contributed by atoms with E-state index < -0.39 is 23.7 Å². The molecule has 6 nitrogen and oxygen atoms in total. The monoisotopic (exact) mass is 483 g/mol. The van der Waals surface area contributed by atoms with Crippen LogP contribution in [-0.4, -0.2) is 34.5 Å². The van der Waals surface area contributed by atoms with Crippen LogP contribution in [0.3, 0.4) is 0 Å².